The lowest BCUT2D eigenvalue weighted by Crippen LogP contribution is -2.43. The zero-order valence-electron chi connectivity index (χ0n) is 18.0. The van der Waals surface area contributed by atoms with Gasteiger partial charge in [-0.15, -0.1) is 15.3 Å². The van der Waals surface area contributed by atoms with Crippen molar-refractivity contribution < 1.29 is 9.59 Å². The molecule has 2 amide bonds. The first-order valence-electron chi connectivity index (χ1n) is 10.2. The minimum absolute atomic E-state index is 0.0623. The number of nitrogens with one attached hydrogen (secondary N) is 2. The van der Waals surface area contributed by atoms with Crippen LogP contribution in [0.25, 0.3) is 17.1 Å². The summed E-state index contributed by atoms with van der Waals surface area (Å²) >= 11 is 1.23. The van der Waals surface area contributed by atoms with Gasteiger partial charge in [0.1, 0.15) is 6.33 Å². The Kier molecular flexibility index (Phi) is 6.79. The summed E-state index contributed by atoms with van der Waals surface area (Å²) in [4.78, 5) is 29.3. The molecule has 0 bridgehead atoms. The highest BCUT2D eigenvalue weighted by atomic mass is 32.2. The van der Waals surface area contributed by atoms with E-state index in [4.69, 9.17) is 0 Å². The fourth-order valence-corrected chi connectivity index (χ4v) is 3.81. The molecule has 0 radical (unpaired) electrons. The Labute approximate surface area is 194 Å². The Morgan fingerprint density at radius 1 is 1.00 bits per heavy atom. The van der Waals surface area contributed by atoms with Gasteiger partial charge < -0.3 is 4.57 Å². The molecular formula is C22H22N8O2S. The molecule has 2 heterocycles. The molecule has 0 aliphatic rings. The first-order chi connectivity index (χ1) is 16.0. The number of hydrazine groups is 1. The minimum Gasteiger partial charge on any atom is -0.306 e. The second kappa shape index (κ2) is 10.1. The molecule has 2 aromatic heterocycles. The van der Waals surface area contributed by atoms with Crippen LogP contribution in [-0.2, 0) is 4.79 Å². The number of hydrogen-bond acceptors (Lipinski definition) is 7. The van der Waals surface area contributed by atoms with Gasteiger partial charge in [-0.3, -0.25) is 20.4 Å². The van der Waals surface area contributed by atoms with Gasteiger partial charge >= 0.3 is 5.91 Å². The van der Waals surface area contributed by atoms with Gasteiger partial charge in [0, 0.05) is 11.6 Å². The van der Waals surface area contributed by atoms with E-state index in [2.05, 4.69) is 31.1 Å². The molecule has 0 unspecified atom stereocenters. The van der Waals surface area contributed by atoms with Crippen molar-refractivity contribution in [3.05, 3.63) is 72.8 Å². The van der Waals surface area contributed by atoms with Gasteiger partial charge in [-0.2, -0.15) is 0 Å². The smallest absolute Gasteiger partial charge is 0.306 e. The van der Waals surface area contributed by atoms with Gasteiger partial charge in [0.25, 0.3) is 0 Å². The Morgan fingerprint density at radius 3 is 2.39 bits per heavy atom. The topological polar surface area (TPSA) is 120 Å². The zero-order valence-corrected chi connectivity index (χ0v) is 18.9. The normalized spacial score (nSPS) is 10.9. The molecule has 0 saturated carbocycles. The van der Waals surface area contributed by atoms with Crippen molar-refractivity contribution in [2.45, 2.75) is 25.0 Å². The molecule has 168 valence electrons. The van der Waals surface area contributed by atoms with Crippen molar-refractivity contribution in [1.29, 1.82) is 0 Å². The SMILES string of the molecule is CC(C)n1cnnc1SCC(=O)NNC(=O)c1nc(-c2ccccc2)n(-c2ccccc2)n1. The number of para-hydroxylation sites is 1. The van der Waals surface area contributed by atoms with Gasteiger partial charge in [-0.05, 0) is 26.0 Å². The number of carbonyl (C=O) groups excluding carboxylic acids is 2. The van der Waals surface area contributed by atoms with E-state index in [-0.39, 0.29) is 17.6 Å². The molecule has 0 fully saturated rings. The first kappa shape index (κ1) is 22.2. The number of rotatable bonds is 7. The van der Waals surface area contributed by atoms with Crippen LogP contribution >= 0.6 is 11.8 Å². The highest BCUT2D eigenvalue weighted by Crippen LogP contribution is 2.21. The van der Waals surface area contributed by atoms with Crippen molar-refractivity contribution in [3.63, 3.8) is 0 Å². The molecule has 4 rings (SSSR count). The van der Waals surface area contributed by atoms with Crippen LogP contribution in [0.1, 0.15) is 30.5 Å². The molecule has 0 saturated heterocycles. The van der Waals surface area contributed by atoms with Crippen molar-refractivity contribution in [1.82, 2.24) is 40.4 Å². The summed E-state index contributed by atoms with van der Waals surface area (Å²) in [6, 6.07) is 19.0. The number of hydrogen-bond donors (Lipinski definition) is 2. The first-order valence-corrected chi connectivity index (χ1v) is 11.2. The summed E-state index contributed by atoms with van der Waals surface area (Å²) in [5, 5.41) is 12.9. The van der Waals surface area contributed by atoms with Crippen LogP contribution in [-0.4, -0.2) is 47.1 Å². The number of carbonyl (C=O) groups is 2. The minimum atomic E-state index is -0.620. The third-order valence-electron chi connectivity index (χ3n) is 4.59. The summed E-state index contributed by atoms with van der Waals surface area (Å²) < 4.78 is 3.46. The molecule has 2 N–H and O–H groups in total. The van der Waals surface area contributed by atoms with Crippen molar-refractivity contribution >= 4 is 23.6 Å². The molecule has 33 heavy (non-hydrogen) atoms. The summed E-state index contributed by atoms with van der Waals surface area (Å²) in [6.07, 6.45) is 1.62. The van der Waals surface area contributed by atoms with Gasteiger partial charge in [0.2, 0.25) is 11.7 Å². The van der Waals surface area contributed by atoms with E-state index in [1.54, 1.807) is 11.0 Å². The third-order valence-corrected chi connectivity index (χ3v) is 5.54. The maximum Gasteiger partial charge on any atom is 0.309 e. The molecule has 0 aliphatic carbocycles. The van der Waals surface area contributed by atoms with Gasteiger partial charge in [0.05, 0.1) is 11.4 Å². The van der Waals surface area contributed by atoms with Crippen LogP contribution in [0.2, 0.25) is 0 Å². The van der Waals surface area contributed by atoms with E-state index >= 15 is 0 Å². The predicted octanol–water partition coefficient (Wildman–Crippen LogP) is 2.66. The average molecular weight is 463 g/mol. The zero-order chi connectivity index (χ0) is 23.2. The molecule has 11 heteroatoms. The van der Waals surface area contributed by atoms with Gasteiger partial charge in [0.15, 0.2) is 11.0 Å². The van der Waals surface area contributed by atoms with Gasteiger partial charge in [-0.1, -0.05) is 60.3 Å². The highest BCUT2D eigenvalue weighted by Gasteiger charge is 2.19. The predicted molar refractivity (Wildman–Crippen MR) is 124 cm³/mol. The Hall–Kier alpha value is -3.99. The van der Waals surface area contributed by atoms with E-state index in [0.717, 1.165) is 11.3 Å². The van der Waals surface area contributed by atoms with Crippen LogP contribution in [0.5, 0.6) is 0 Å². The highest BCUT2D eigenvalue weighted by molar-refractivity contribution is 7.99. The van der Waals surface area contributed by atoms with Crippen molar-refractivity contribution in [2.75, 3.05) is 5.75 Å². The average Bonchev–Trinajstić information content (AvgIpc) is 3.50. The second-order valence-electron chi connectivity index (χ2n) is 7.28. The van der Waals surface area contributed by atoms with Crippen LogP contribution in [0.15, 0.2) is 72.1 Å². The van der Waals surface area contributed by atoms with E-state index in [0.29, 0.717) is 11.0 Å². The summed E-state index contributed by atoms with van der Waals surface area (Å²) in [6.45, 7) is 4.00. The van der Waals surface area contributed by atoms with Gasteiger partial charge in [-0.25, -0.2) is 9.67 Å². The van der Waals surface area contributed by atoms with Crippen molar-refractivity contribution in [3.8, 4) is 17.1 Å². The van der Waals surface area contributed by atoms with Crippen LogP contribution in [0, 0.1) is 0 Å². The van der Waals surface area contributed by atoms with E-state index in [1.807, 2.05) is 79.1 Å². The summed E-state index contributed by atoms with van der Waals surface area (Å²) in [5.41, 5.74) is 6.34. The van der Waals surface area contributed by atoms with E-state index in [1.165, 1.54) is 11.8 Å². The lowest BCUT2D eigenvalue weighted by molar-refractivity contribution is -0.119. The largest absolute Gasteiger partial charge is 0.309 e. The Bertz CT molecular complexity index is 1180. The number of nitrogens with zero attached hydrogens (tertiary/aromatic N) is 6. The van der Waals surface area contributed by atoms with E-state index < -0.39 is 11.8 Å². The maximum atomic E-state index is 12.7. The molecule has 0 spiro atoms. The van der Waals surface area contributed by atoms with Crippen LogP contribution in [0.3, 0.4) is 0 Å². The Balaban J connectivity index is 1.44. The third kappa shape index (κ3) is 5.26. The molecular weight excluding hydrogens is 440 g/mol. The monoisotopic (exact) mass is 462 g/mol. The fourth-order valence-electron chi connectivity index (χ4n) is 2.97. The second-order valence-corrected chi connectivity index (χ2v) is 8.22. The van der Waals surface area contributed by atoms with Crippen LogP contribution in [0.4, 0.5) is 0 Å². The molecule has 2 aromatic carbocycles. The van der Waals surface area contributed by atoms with Crippen LogP contribution < -0.4 is 10.9 Å². The number of thioether (sulfide) groups is 1. The lowest BCUT2D eigenvalue weighted by Gasteiger charge is -2.09. The van der Waals surface area contributed by atoms with E-state index in [9.17, 15) is 9.59 Å². The molecule has 0 atom stereocenters. The maximum absolute atomic E-state index is 12.7. The number of aromatic nitrogens is 6. The molecule has 4 aromatic rings. The Morgan fingerprint density at radius 2 is 1.70 bits per heavy atom. The molecule has 10 nitrogen and oxygen atoms in total. The summed E-state index contributed by atoms with van der Waals surface area (Å²) in [7, 11) is 0. The number of amides is 2. The standard InChI is InChI=1S/C22H22N8O2S/c1-15(2)29-14-23-27-22(29)33-13-18(31)25-26-21(32)19-24-20(16-9-5-3-6-10-16)30(28-19)17-11-7-4-8-12-17/h3-12,14-15H,13H2,1-2H3,(H,25,31)(H,26,32). The fraction of sp³-hybridized carbons (Fsp3) is 0.182. The molecule has 0 aliphatic heterocycles. The van der Waals surface area contributed by atoms with Crippen molar-refractivity contribution in [2.24, 2.45) is 0 Å². The quantitative estimate of drug-likeness (QED) is 0.320. The number of benzene rings is 2. The summed E-state index contributed by atoms with van der Waals surface area (Å²) in [5.74, 6) is -0.498. The lowest BCUT2D eigenvalue weighted by atomic mass is 10.2.